The predicted molar refractivity (Wildman–Crippen MR) is 106 cm³/mol. The Morgan fingerprint density at radius 2 is 1.72 bits per heavy atom. The van der Waals surface area contributed by atoms with Crippen LogP contribution in [-0.2, 0) is 9.53 Å². The SMILES string of the molecule is CC(C)(C)OC(=O)N[C@H](C(=O)Nc1cccc(I)c1)c1ccccc1. The van der Waals surface area contributed by atoms with E-state index in [-0.39, 0.29) is 5.91 Å². The lowest BCUT2D eigenvalue weighted by Crippen LogP contribution is -2.40. The maximum atomic E-state index is 12.7. The number of amides is 2. The Hall–Kier alpha value is -2.09. The zero-order valence-electron chi connectivity index (χ0n) is 14.4. The van der Waals surface area contributed by atoms with Gasteiger partial charge in [-0.2, -0.15) is 0 Å². The normalized spacial score (nSPS) is 12.2. The van der Waals surface area contributed by atoms with Gasteiger partial charge in [-0.05, 0) is 67.1 Å². The summed E-state index contributed by atoms with van der Waals surface area (Å²) in [6.45, 7) is 5.32. The number of anilines is 1. The van der Waals surface area contributed by atoms with Gasteiger partial charge in [-0.1, -0.05) is 36.4 Å². The highest BCUT2D eigenvalue weighted by atomic mass is 127. The number of carbonyl (C=O) groups excluding carboxylic acids is 2. The number of nitrogens with one attached hydrogen (secondary N) is 2. The summed E-state index contributed by atoms with van der Waals surface area (Å²) >= 11 is 2.17. The minimum Gasteiger partial charge on any atom is -0.444 e. The van der Waals surface area contributed by atoms with Crippen LogP contribution >= 0.6 is 22.6 Å². The number of ether oxygens (including phenoxy) is 1. The summed E-state index contributed by atoms with van der Waals surface area (Å²) < 4.78 is 6.28. The Morgan fingerprint density at radius 1 is 1.04 bits per heavy atom. The molecule has 0 heterocycles. The molecule has 0 aliphatic rings. The highest BCUT2D eigenvalue weighted by molar-refractivity contribution is 14.1. The molecular formula is C19H21IN2O3. The molecular weight excluding hydrogens is 431 g/mol. The van der Waals surface area contributed by atoms with Crippen molar-refractivity contribution in [3.8, 4) is 0 Å². The van der Waals surface area contributed by atoms with Gasteiger partial charge in [0.05, 0.1) is 0 Å². The van der Waals surface area contributed by atoms with Crippen LogP contribution < -0.4 is 10.6 Å². The van der Waals surface area contributed by atoms with E-state index in [1.165, 1.54) is 0 Å². The molecule has 0 saturated heterocycles. The van der Waals surface area contributed by atoms with E-state index in [2.05, 4.69) is 33.2 Å². The first-order valence-electron chi connectivity index (χ1n) is 7.85. The van der Waals surface area contributed by atoms with Crippen molar-refractivity contribution in [2.75, 3.05) is 5.32 Å². The molecule has 0 fully saturated rings. The summed E-state index contributed by atoms with van der Waals surface area (Å²) in [5, 5.41) is 5.48. The Kier molecular flexibility index (Phi) is 6.41. The first-order chi connectivity index (χ1) is 11.7. The molecule has 25 heavy (non-hydrogen) atoms. The van der Waals surface area contributed by atoms with E-state index in [9.17, 15) is 9.59 Å². The van der Waals surface area contributed by atoms with Gasteiger partial charge >= 0.3 is 6.09 Å². The monoisotopic (exact) mass is 452 g/mol. The molecule has 0 aliphatic carbocycles. The third-order valence-corrected chi connectivity index (χ3v) is 3.82. The van der Waals surface area contributed by atoms with E-state index in [0.717, 1.165) is 3.57 Å². The van der Waals surface area contributed by atoms with Gasteiger partial charge in [0, 0.05) is 9.26 Å². The summed E-state index contributed by atoms with van der Waals surface area (Å²) in [5.41, 5.74) is 0.706. The lowest BCUT2D eigenvalue weighted by atomic mass is 10.1. The first-order valence-corrected chi connectivity index (χ1v) is 8.93. The van der Waals surface area contributed by atoms with Crippen LogP contribution in [0, 0.1) is 3.57 Å². The van der Waals surface area contributed by atoms with Crippen molar-refractivity contribution in [3.05, 3.63) is 63.7 Å². The maximum absolute atomic E-state index is 12.7. The standard InChI is InChI=1S/C19H21IN2O3/c1-19(2,3)25-18(24)22-16(13-8-5-4-6-9-13)17(23)21-15-11-7-10-14(20)12-15/h4-12,16H,1-3H3,(H,21,23)(H,22,24)/t16-/m0/s1. The number of rotatable bonds is 4. The summed E-state index contributed by atoms with van der Waals surface area (Å²) in [4.78, 5) is 24.9. The molecule has 1 atom stereocenters. The van der Waals surface area contributed by atoms with Gasteiger partial charge in [0.15, 0.2) is 0 Å². The van der Waals surface area contributed by atoms with Crippen molar-refractivity contribution < 1.29 is 14.3 Å². The second kappa shape index (κ2) is 8.33. The van der Waals surface area contributed by atoms with Crippen molar-refractivity contribution in [2.24, 2.45) is 0 Å². The van der Waals surface area contributed by atoms with E-state index >= 15 is 0 Å². The Labute approximate surface area is 161 Å². The van der Waals surface area contributed by atoms with Gasteiger partial charge in [0.2, 0.25) is 0 Å². The average molecular weight is 452 g/mol. The molecule has 0 unspecified atom stereocenters. The van der Waals surface area contributed by atoms with Gasteiger partial charge in [0.1, 0.15) is 11.6 Å². The predicted octanol–water partition coefficient (Wildman–Crippen LogP) is 4.50. The smallest absolute Gasteiger partial charge is 0.408 e. The van der Waals surface area contributed by atoms with Crippen LogP contribution in [0.25, 0.3) is 0 Å². The second-order valence-corrected chi connectivity index (χ2v) is 7.74. The molecule has 2 aromatic carbocycles. The summed E-state index contributed by atoms with van der Waals surface area (Å²) in [5.74, 6) is -0.334. The van der Waals surface area contributed by atoms with E-state index < -0.39 is 17.7 Å². The third-order valence-electron chi connectivity index (χ3n) is 3.15. The summed E-state index contributed by atoms with van der Waals surface area (Å²) in [6, 6.07) is 15.7. The zero-order valence-corrected chi connectivity index (χ0v) is 16.5. The van der Waals surface area contributed by atoms with Crippen LogP contribution in [0.2, 0.25) is 0 Å². The lowest BCUT2D eigenvalue weighted by molar-refractivity contribution is -0.118. The topological polar surface area (TPSA) is 67.4 Å². The van der Waals surface area contributed by atoms with Gasteiger partial charge < -0.3 is 15.4 Å². The van der Waals surface area contributed by atoms with E-state index in [0.29, 0.717) is 11.3 Å². The fraction of sp³-hybridized carbons (Fsp3) is 0.263. The molecule has 0 radical (unpaired) electrons. The summed E-state index contributed by atoms with van der Waals surface area (Å²) in [7, 11) is 0. The summed E-state index contributed by atoms with van der Waals surface area (Å²) in [6.07, 6.45) is -0.640. The molecule has 2 rings (SSSR count). The van der Waals surface area contributed by atoms with Gasteiger partial charge in [0.25, 0.3) is 5.91 Å². The van der Waals surface area contributed by atoms with Gasteiger partial charge in [-0.3, -0.25) is 4.79 Å². The number of benzene rings is 2. The van der Waals surface area contributed by atoms with Crippen molar-refractivity contribution >= 4 is 40.3 Å². The fourth-order valence-corrected chi connectivity index (χ4v) is 2.69. The van der Waals surface area contributed by atoms with Crippen LogP contribution in [0.1, 0.15) is 32.4 Å². The molecule has 0 aromatic heterocycles. The van der Waals surface area contributed by atoms with E-state index in [4.69, 9.17) is 4.74 Å². The number of hydrogen-bond acceptors (Lipinski definition) is 3. The largest absolute Gasteiger partial charge is 0.444 e. The van der Waals surface area contributed by atoms with Crippen molar-refractivity contribution in [1.82, 2.24) is 5.32 Å². The highest BCUT2D eigenvalue weighted by Gasteiger charge is 2.25. The molecule has 0 bridgehead atoms. The molecule has 5 nitrogen and oxygen atoms in total. The van der Waals surface area contributed by atoms with Gasteiger partial charge in [-0.15, -0.1) is 0 Å². The van der Waals surface area contributed by atoms with Crippen LogP contribution in [0.4, 0.5) is 10.5 Å². The Balaban J connectivity index is 2.19. The Morgan fingerprint density at radius 3 is 2.32 bits per heavy atom. The molecule has 6 heteroatoms. The quantitative estimate of drug-likeness (QED) is 0.672. The number of halogens is 1. The van der Waals surface area contributed by atoms with E-state index in [1.54, 1.807) is 39.0 Å². The maximum Gasteiger partial charge on any atom is 0.408 e. The van der Waals surface area contributed by atoms with Crippen LogP contribution in [0.15, 0.2) is 54.6 Å². The molecule has 0 saturated carbocycles. The minimum atomic E-state index is -0.853. The van der Waals surface area contributed by atoms with Crippen molar-refractivity contribution in [1.29, 1.82) is 0 Å². The molecule has 2 N–H and O–H groups in total. The van der Waals surface area contributed by atoms with Crippen molar-refractivity contribution in [3.63, 3.8) is 0 Å². The lowest BCUT2D eigenvalue weighted by Gasteiger charge is -2.23. The average Bonchev–Trinajstić information content (AvgIpc) is 2.51. The van der Waals surface area contributed by atoms with Crippen LogP contribution in [0.5, 0.6) is 0 Å². The Bertz CT molecular complexity index is 742. The van der Waals surface area contributed by atoms with Crippen LogP contribution in [-0.4, -0.2) is 17.6 Å². The number of hydrogen-bond donors (Lipinski definition) is 2. The fourth-order valence-electron chi connectivity index (χ4n) is 2.15. The van der Waals surface area contributed by atoms with Crippen molar-refractivity contribution in [2.45, 2.75) is 32.4 Å². The molecule has 132 valence electrons. The number of carbonyl (C=O) groups is 2. The molecule has 0 aliphatic heterocycles. The zero-order chi connectivity index (χ0) is 18.4. The minimum absolute atomic E-state index is 0.334. The van der Waals surface area contributed by atoms with Crippen LogP contribution in [0.3, 0.4) is 0 Å². The van der Waals surface area contributed by atoms with E-state index in [1.807, 2.05) is 36.4 Å². The molecule has 2 aromatic rings. The highest BCUT2D eigenvalue weighted by Crippen LogP contribution is 2.18. The third kappa shape index (κ3) is 6.38. The molecule has 2 amide bonds. The van der Waals surface area contributed by atoms with Gasteiger partial charge in [-0.25, -0.2) is 4.79 Å². The first kappa shape index (κ1) is 19.2. The number of alkyl carbamates (subject to hydrolysis) is 1. The molecule has 0 spiro atoms. The second-order valence-electron chi connectivity index (χ2n) is 6.49.